The van der Waals surface area contributed by atoms with E-state index in [9.17, 15) is 0 Å². The summed E-state index contributed by atoms with van der Waals surface area (Å²) >= 11 is 1.85. The lowest BCUT2D eigenvalue weighted by Crippen LogP contribution is -2.24. The zero-order valence-electron chi connectivity index (χ0n) is 11.9. The van der Waals surface area contributed by atoms with Gasteiger partial charge in [-0.3, -0.25) is 0 Å². The van der Waals surface area contributed by atoms with Crippen molar-refractivity contribution >= 4 is 11.3 Å². The van der Waals surface area contributed by atoms with Gasteiger partial charge in [0.05, 0.1) is 10.7 Å². The topological polar surface area (TPSA) is 24.9 Å². The van der Waals surface area contributed by atoms with Gasteiger partial charge in [0, 0.05) is 11.3 Å². The van der Waals surface area contributed by atoms with Crippen molar-refractivity contribution in [3.63, 3.8) is 0 Å². The molecule has 0 aliphatic rings. The van der Waals surface area contributed by atoms with E-state index in [1.54, 1.807) is 0 Å². The van der Waals surface area contributed by atoms with Crippen LogP contribution in [0, 0.1) is 19.3 Å². The third kappa shape index (κ3) is 5.17. The summed E-state index contributed by atoms with van der Waals surface area (Å²) in [6.45, 7) is 13.4. The maximum absolute atomic E-state index is 4.64. The summed E-state index contributed by atoms with van der Waals surface area (Å²) in [6.07, 6.45) is 3.52. The molecule has 0 saturated carbocycles. The van der Waals surface area contributed by atoms with Crippen molar-refractivity contribution in [3.8, 4) is 0 Å². The van der Waals surface area contributed by atoms with Crippen molar-refractivity contribution in [3.05, 3.63) is 15.6 Å². The first-order chi connectivity index (χ1) is 7.94. The summed E-state index contributed by atoms with van der Waals surface area (Å²) in [4.78, 5) is 6.00. The zero-order valence-corrected chi connectivity index (χ0v) is 12.7. The number of thiazole rings is 1. The summed E-state index contributed by atoms with van der Waals surface area (Å²) in [6, 6.07) is 0. The standard InChI is InChI=1S/C14H26N2S/c1-6-8-15-9-7-14(4,5)10-13-16-11(2)12(3)17-13/h15H,6-10H2,1-5H3. The summed E-state index contributed by atoms with van der Waals surface area (Å²) in [5, 5.41) is 4.77. The van der Waals surface area contributed by atoms with Gasteiger partial charge in [-0.05, 0) is 45.2 Å². The van der Waals surface area contributed by atoms with Crippen LogP contribution in [0.2, 0.25) is 0 Å². The van der Waals surface area contributed by atoms with Crippen molar-refractivity contribution in [1.82, 2.24) is 10.3 Å². The summed E-state index contributed by atoms with van der Waals surface area (Å²) < 4.78 is 0. The lowest BCUT2D eigenvalue weighted by atomic mass is 9.86. The van der Waals surface area contributed by atoms with E-state index in [1.807, 2.05) is 11.3 Å². The highest BCUT2D eigenvalue weighted by molar-refractivity contribution is 7.11. The highest BCUT2D eigenvalue weighted by atomic mass is 32.1. The van der Waals surface area contributed by atoms with Crippen LogP contribution >= 0.6 is 11.3 Å². The number of nitrogens with zero attached hydrogens (tertiary/aromatic N) is 1. The van der Waals surface area contributed by atoms with Crippen LogP contribution in [0.4, 0.5) is 0 Å². The minimum Gasteiger partial charge on any atom is -0.317 e. The Morgan fingerprint density at radius 3 is 2.47 bits per heavy atom. The van der Waals surface area contributed by atoms with Gasteiger partial charge in [-0.2, -0.15) is 0 Å². The Hall–Kier alpha value is -0.410. The van der Waals surface area contributed by atoms with E-state index in [0.29, 0.717) is 5.41 Å². The van der Waals surface area contributed by atoms with E-state index in [0.717, 1.165) is 19.5 Å². The Morgan fingerprint density at radius 2 is 1.94 bits per heavy atom. The van der Waals surface area contributed by atoms with Crippen LogP contribution in [-0.2, 0) is 6.42 Å². The average Bonchev–Trinajstić information content (AvgIpc) is 2.52. The van der Waals surface area contributed by atoms with Crippen LogP contribution < -0.4 is 5.32 Å². The summed E-state index contributed by atoms with van der Waals surface area (Å²) in [7, 11) is 0. The molecule has 0 aliphatic heterocycles. The second-order valence-corrected chi connectivity index (χ2v) is 6.88. The molecule has 0 aromatic carbocycles. The minimum atomic E-state index is 0.345. The average molecular weight is 254 g/mol. The highest BCUT2D eigenvalue weighted by Gasteiger charge is 2.20. The van der Waals surface area contributed by atoms with Crippen LogP contribution in [0.25, 0.3) is 0 Å². The fourth-order valence-electron chi connectivity index (χ4n) is 1.84. The van der Waals surface area contributed by atoms with Crippen molar-refractivity contribution < 1.29 is 0 Å². The normalized spacial score (nSPS) is 12.1. The molecule has 0 spiro atoms. The van der Waals surface area contributed by atoms with Crippen LogP contribution in [0.1, 0.15) is 49.2 Å². The molecule has 0 amide bonds. The van der Waals surface area contributed by atoms with Crippen LogP contribution in [0.5, 0.6) is 0 Å². The van der Waals surface area contributed by atoms with E-state index in [2.05, 4.69) is 44.9 Å². The zero-order chi connectivity index (χ0) is 12.9. The molecule has 0 bridgehead atoms. The first-order valence-corrected chi connectivity index (χ1v) is 7.40. The van der Waals surface area contributed by atoms with Crippen molar-refractivity contribution in [2.45, 2.75) is 53.9 Å². The molecule has 0 saturated heterocycles. The molecule has 0 radical (unpaired) electrons. The first kappa shape index (κ1) is 14.7. The molecule has 0 fully saturated rings. The molecule has 1 heterocycles. The maximum Gasteiger partial charge on any atom is 0.0936 e. The van der Waals surface area contributed by atoms with E-state index in [4.69, 9.17) is 0 Å². The third-order valence-corrected chi connectivity index (χ3v) is 4.18. The molecule has 17 heavy (non-hydrogen) atoms. The smallest absolute Gasteiger partial charge is 0.0936 e. The quantitative estimate of drug-likeness (QED) is 0.750. The third-order valence-electron chi connectivity index (χ3n) is 3.11. The van der Waals surface area contributed by atoms with Gasteiger partial charge in [0.25, 0.3) is 0 Å². The van der Waals surface area contributed by atoms with E-state index >= 15 is 0 Å². The lowest BCUT2D eigenvalue weighted by molar-refractivity contribution is 0.325. The Kier molecular flexibility index (Phi) is 5.60. The molecular formula is C14H26N2S. The van der Waals surface area contributed by atoms with E-state index in [-0.39, 0.29) is 0 Å². The number of nitrogens with one attached hydrogen (secondary N) is 1. The van der Waals surface area contributed by atoms with Gasteiger partial charge in [-0.1, -0.05) is 20.8 Å². The number of hydrogen-bond donors (Lipinski definition) is 1. The Labute approximate surface area is 110 Å². The number of aryl methyl sites for hydroxylation is 2. The van der Waals surface area contributed by atoms with Crippen LogP contribution in [-0.4, -0.2) is 18.1 Å². The highest BCUT2D eigenvalue weighted by Crippen LogP contribution is 2.28. The predicted octanol–water partition coefficient (Wildman–Crippen LogP) is 3.72. The molecule has 98 valence electrons. The summed E-state index contributed by atoms with van der Waals surface area (Å²) in [5.41, 5.74) is 1.54. The maximum atomic E-state index is 4.64. The molecular weight excluding hydrogens is 228 g/mol. The van der Waals surface area contributed by atoms with Gasteiger partial charge >= 0.3 is 0 Å². The number of hydrogen-bond acceptors (Lipinski definition) is 3. The van der Waals surface area contributed by atoms with Gasteiger partial charge < -0.3 is 5.32 Å². The molecule has 0 aliphatic carbocycles. The van der Waals surface area contributed by atoms with E-state index in [1.165, 1.54) is 28.4 Å². The fraction of sp³-hybridized carbons (Fsp3) is 0.786. The SMILES string of the molecule is CCCNCCC(C)(C)Cc1nc(C)c(C)s1. The van der Waals surface area contributed by atoms with Gasteiger partial charge in [0.1, 0.15) is 0 Å². The lowest BCUT2D eigenvalue weighted by Gasteiger charge is -2.23. The fourth-order valence-corrected chi connectivity index (χ4v) is 3.03. The van der Waals surface area contributed by atoms with Crippen LogP contribution in [0.3, 0.4) is 0 Å². The molecule has 1 N–H and O–H groups in total. The molecule has 1 rings (SSSR count). The largest absolute Gasteiger partial charge is 0.317 e. The predicted molar refractivity (Wildman–Crippen MR) is 76.9 cm³/mol. The van der Waals surface area contributed by atoms with Gasteiger partial charge in [-0.15, -0.1) is 11.3 Å². The van der Waals surface area contributed by atoms with Gasteiger partial charge in [0.15, 0.2) is 0 Å². The van der Waals surface area contributed by atoms with Crippen molar-refractivity contribution in [2.24, 2.45) is 5.41 Å². The molecule has 0 atom stereocenters. The Bertz CT molecular complexity index is 322. The molecule has 1 aromatic rings. The molecule has 2 nitrogen and oxygen atoms in total. The second-order valence-electron chi connectivity index (χ2n) is 5.59. The molecule has 0 unspecified atom stereocenters. The molecule has 1 aromatic heterocycles. The van der Waals surface area contributed by atoms with E-state index < -0.39 is 0 Å². The number of rotatable bonds is 7. The monoisotopic (exact) mass is 254 g/mol. The second kappa shape index (κ2) is 6.50. The first-order valence-electron chi connectivity index (χ1n) is 6.58. The van der Waals surface area contributed by atoms with Crippen molar-refractivity contribution in [1.29, 1.82) is 0 Å². The number of aromatic nitrogens is 1. The van der Waals surface area contributed by atoms with Crippen molar-refractivity contribution in [2.75, 3.05) is 13.1 Å². The summed E-state index contributed by atoms with van der Waals surface area (Å²) in [5.74, 6) is 0. The van der Waals surface area contributed by atoms with Gasteiger partial charge in [0.2, 0.25) is 0 Å². The Morgan fingerprint density at radius 1 is 1.24 bits per heavy atom. The molecule has 3 heteroatoms. The van der Waals surface area contributed by atoms with Crippen LogP contribution in [0.15, 0.2) is 0 Å². The Balaban J connectivity index is 2.42. The van der Waals surface area contributed by atoms with Gasteiger partial charge in [-0.25, -0.2) is 4.98 Å². The minimum absolute atomic E-state index is 0.345.